The minimum Gasteiger partial charge on any atom is -0.481 e. The summed E-state index contributed by atoms with van der Waals surface area (Å²) in [7, 11) is -4.85. The lowest BCUT2D eigenvalue weighted by Crippen LogP contribution is -2.35. The van der Waals surface area contributed by atoms with E-state index in [1.807, 2.05) is 0 Å². The normalized spacial score (nSPS) is 12.7. The van der Waals surface area contributed by atoms with E-state index in [0.717, 1.165) is 0 Å². The van der Waals surface area contributed by atoms with Crippen LogP contribution in [0.3, 0.4) is 0 Å². The summed E-state index contributed by atoms with van der Waals surface area (Å²) in [4.78, 5) is 22.1. The fraction of sp³-hybridized carbons (Fsp3) is 0.273. The smallest absolute Gasteiger partial charge is 0.332 e. The van der Waals surface area contributed by atoms with E-state index in [9.17, 15) is 18.0 Å². The van der Waals surface area contributed by atoms with Gasteiger partial charge in [-0.1, -0.05) is 18.2 Å². The largest absolute Gasteiger partial charge is 0.481 e. The van der Waals surface area contributed by atoms with Gasteiger partial charge < -0.3 is 9.84 Å². The molecule has 0 saturated heterocycles. The predicted molar refractivity (Wildman–Crippen MR) is 64.4 cm³/mol. The van der Waals surface area contributed by atoms with Gasteiger partial charge in [0.1, 0.15) is 5.75 Å². The molecule has 0 fully saturated rings. The molecule has 1 unspecified atom stereocenters. The Morgan fingerprint density at radius 2 is 1.89 bits per heavy atom. The molecule has 0 heterocycles. The molecule has 0 saturated carbocycles. The van der Waals surface area contributed by atoms with E-state index in [-0.39, 0.29) is 5.75 Å². The van der Waals surface area contributed by atoms with Gasteiger partial charge in [-0.05, 0) is 18.6 Å². The molecular formula is C11H12O7S. The van der Waals surface area contributed by atoms with Gasteiger partial charge in [-0.25, -0.2) is 0 Å². The summed E-state index contributed by atoms with van der Waals surface area (Å²) in [6.45, 7) is 1.63. The lowest BCUT2D eigenvalue weighted by atomic mass is 10.2. The topological polar surface area (TPSA) is 118 Å². The van der Waals surface area contributed by atoms with Crippen LogP contribution in [0.15, 0.2) is 24.3 Å². The van der Waals surface area contributed by atoms with Gasteiger partial charge in [-0.3, -0.25) is 14.1 Å². The minimum atomic E-state index is -4.85. The predicted octanol–water partition coefficient (Wildman–Crippen LogP) is 0.632. The Hall–Kier alpha value is -1.93. The molecule has 0 amide bonds. The van der Waals surface area contributed by atoms with Crippen LogP contribution in [0.5, 0.6) is 5.75 Å². The molecule has 0 spiro atoms. The number of carbonyl (C=O) groups excluding carboxylic acids is 1. The number of aliphatic carboxylic acids is 1. The monoisotopic (exact) mass is 288 g/mol. The highest BCUT2D eigenvalue weighted by molar-refractivity contribution is 7.87. The first-order valence-corrected chi connectivity index (χ1v) is 6.67. The van der Waals surface area contributed by atoms with Crippen LogP contribution < -0.4 is 4.74 Å². The third-order valence-corrected chi connectivity index (χ3v) is 3.36. The van der Waals surface area contributed by atoms with Gasteiger partial charge in [0.25, 0.3) is 10.1 Å². The fourth-order valence-electron chi connectivity index (χ4n) is 1.31. The third kappa shape index (κ3) is 4.34. The van der Waals surface area contributed by atoms with Gasteiger partial charge in [0.15, 0.2) is 5.25 Å². The zero-order chi connectivity index (χ0) is 14.6. The lowest BCUT2D eigenvalue weighted by Gasteiger charge is -2.12. The molecule has 1 rings (SSSR count). The minimum absolute atomic E-state index is 0.103. The summed E-state index contributed by atoms with van der Waals surface area (Å²) in [5, 5.41) is 6.38. The number of hydrogen-bond donors (Lipinski definition) is 2. The van der Waals surface area contributed by atoms with Crippen molar-refractivity contribution in [3.8, 4) is 5.75 Å². The molecule has 1 atom stereocenters. The lowest BCUT2D eigenvalue weighted by molar-refractivity contribution is -0.142. The zero-order valence-electron chi connectivity index (χ0n) is 9.94. The highest BCUT2D eigenvalue weighted by atomic mass is 32.2. The summed E-state index contributed by atoms with van der Waals surface area (Å²) in [6, 6.07) is 6.30. The molecule has 0 aliphatic rings. The summed E-state index contributed by atoms with van der Waals surface area (Å²) in [6.07, 6.45) is -1.07. The van der Waals surface area contributed by atoms with Gasteiger partial charge in [0.05, 0.1) is 6.42 Å². The maximum absolute atomic E-state index is 11.6. The Morgan fingerprint density at radius 3 is 2.37 bits per heavy atom. The first-order chi connectivity index (χ1) is 8.71. The summed E-state index contributed by atoms with van der Waals surface area (Å²) in [5.41, 5.74) is 0.570. The van der Waals surface area contributed by atoms with Crippen molar-refractivity contribution in [3.63, 3.8) is 0 Å². The number of benzene rings is 1. The van der Waals surface area contributed by atoms with Crippen molar-refractivity contribution in [3.05, 3.63) is 29.8 Å². The molecule has 0 aliphatic heterocycles. The molecule has 2 N–H and O–H groups in total. The number of esters is 1. The number of carboxylic acids is 1. The molecule has 0 bridgehead atoms. The first kappa shape index (κ1) is 15.1. The average Bonchev–Trinajstić information content (AvgIpc) is 2.27. The number of aryl methyl sites for hydroxylation is 1. The van der Waals surface area contributed by atoms with Crippen LogP contribution >= 0.6 is 0 Å². The Morgan fingerprint density at radius 1 is 1.32 bits per heavy atom. The molecule has 0 radical (unpaired) electrons. The highest BCUT2D eigenvalue weighted by Crippen LogP contribution is 2.18. The second-order valence-electron chi connectivity index (χ2n) is 3.79. The van der Waals surface area contributed by atoms with Crippen LogP contribution in [0.2, 0.25) is 0 Å². The van der Waals surface area contributed by atoms with E-state index in [4.69, 9.17) is 14.4 Å². The van der Waals surface area contributed by atoms with Crippen LogP contribution in [-0.2, 0) is 19.7 Å². The molecule has 8 heteroatoms. The first-order valence-electron chi connectivity index (χ1n) is 5.17. The van der Waals surface area contributed by atoms with Crippen molar-refractivity contribution in [2.45, 2.75) is 18.6 Å². The number of ether oxygens (including phenoxy) is 1. The molecule has 19 heavy (non-hydrogen) atoms. The van der Waals surface area contributed by atoms with Crippen molar-refractivity contribution in [2.75, 3.05) is 0 Å². The van der Waals surface area contributed by atoms with Crippen LogP contribution in [0.25, 0.3) is 0 Å². The molecular weight excluding hydrogens is 276 g/mol. The van der Waals surface area contributed by atoms with Crippen molar-refractivity contribution in [2.24, 2.45) is 0 Å². The van der Waals surface area contributed by atoms with Crippen LogP contribution in [-0.4, -0.2) is 35.3 Å². The van der Waals surface area contributed by atoms with Crippen molar-refractivity contribution in [1.82, 2.24) is 0 Å². The van der Waals surface area contributed by atoms with E-state index >= 15 is 0 Å². The van der Waals surface area contributed by atoms with Gasteiger partial charge in [0, 0.05) is 0 Å². The average molecular weight is 288 g/mol. The second-order valence-corrected chi connectivity index (χ2v) is 5.39. The third-order valence-electron chi connectivity index (χ3n) is 2.29. The number of carbonyl (C=O) groups is 2. The van der Waals surface area contributed by atoms with Crippen molar-refractivity contribution < 1.29 is 32.4 Å². The molecule has 0 aromatic heterocycles. The van der Waals surface area contributed by atoms with E-state index in [2.05, 4.69) is 0 Å². The summed E-state index contributed by atoms with van der Waals surface area (Å²) < 4.78 is 35.6. The van der Waals surface area contributed by atoms with Gasteiger partial charge in [-0.15, -0.1) is 0 Å². The van der Waals surface area contributed by atoms with Gasteiger partial charge in [0.2, 0.25) is 0 Å². The van der Waals surface area contributed by atoms with Crippen molar-refractivity contribution in [1.29, 1.82) is 0 Å². The molecule has 0 aliphatic carbocycles. The zero-order valence-corrected chi connectivity index (χ0v) is 10.8. The van der Waals surface area contributed by atoms with Gasteiger partial charge in [-0.2, -0.15) is 8.42 Å². The summed E-state index contributed by atoms with van der Waals surface area (Å²) >= 11 is 0. The van der Waals surface area contributed by atoms with E-state index < -0.39 is 33.7 Å². The molecule has 1 aromatic rings. The van der Waals surface area contributed by atoms with Crippen LogP contribution in [0.4, 0.5) is 0 Å². The molecule has 104 valence electrons. The van der Waals surface area contributed by atoms with Crippen LogP contribution in [0.1, 0.15) is 12.0 Å². The quantitative estimate of drug-likeness (QED) is 0.463. The Labute approximate surface area is 109 Å². The maximum atomic E-state index is 11.6. The summed E-state index contributed by atoms with van der Waals surface area (Å²) in [5.74, 6) is -2.77. The van der Waals surface area contributed by atoms with E-state index in [1.54, 1.807) is 25.1 Å². The maximum Gasteiger partial charge on any atom is 0.332 e. The Balaban J connectivity index is 2.96. The molecule has 1 aromatic carbocycles. The van der Waals surface area contributed by atoms with Crippen molar-refractivity contribution >= 4 is 22.1 Å². The number of carboxylic acid groups (broad SMARTS) is 1. The second kappa shape index (κ2) is 5.81. The van der Waals surface area contributed by atoms with Crippen LogP contribution in [0, 0.1) is 6.92 Å². The van der Waals surface area contributed by atoms with Gasteiger partial charge >= 0.3 is 11.9 Å². The number of rotatable bonds is 5. The standard InChI is InChI=1S/C11H12O7S/c1-7-4-2-3-5-8(7)18-11(14)9(6-10(12)13)19(15,16)17/h2-5,9H,6H2,1H3,(H,12,13)(H,15,16,17). The molecule has 7 nitrogen and oxygen atoms in total. The Kier molecular flexibility index (Phi) is 4.62. The van der Waals surface area contributed by atoms with E-state index in [1.165, 1.54) is 6.07 Å². The Bertz CT molecular complexity index is 591. The number of para-hydroxylation sites is 1. The highest BCUT2D eigenvalue weighted by Gasteiger charge is 2.35. The SMILES string of the molecule is Cc1ccccc1OC(=O)C(CC(=O)O)S(=O)(=O)O. The fourth-order valence-corrected chi connectivity index (χ4v) is 1.96. The van der Waals surface area contributed by atoms with E-state index in [0.29, 0.717) is 5.56 Å². The number of hydrogen-bond acceptors (Lipinski definition) is 5.